The van der Waals surface area contributed by atoms with Crippen LogP contribution in [0.2, 0.25) is 0 Å². The quantitative estimate of drug-likeness (QED) is 0.853. The molecule has 6 nitrogen and oxygen atoms in total. The molecule has 4 rings (SSSR count). The van der Waals surface area contributed by atoms with Gasteiger partial charge >= 0.3 is 0 Å². The molecule has 0 aromatic carbocycles. The van der Waals surface area contributed by atoms with E-state index in [1.54, 1.807) is 11.3 Å². The Morgan fingerprint density at radius 3 is 3.22 bits per heavy atom. The van der Waals surface area contributed by atoms with Gasteiger partial charge in [0, 0.05) is 37.1 Å². The fourth-order valence-corrected chi connectivity index (χ4v) is 4.16. The van der Waals surface area contributed by atoms with Crippen molar-refractivity contribution in [2.75, 3.05) is 26.3 Å². The predicted molar refractivity (Wildman–Crippen MR) is 87.3 cm³/mol. The molecule has 0 bridgehead atoms. The van der Waals surface area contributed by atoms with Gasteiger partial charge in [0.05, 0.1) is 32.4 Å². The van der Waals surface area contributed by atoms with Crippen LogP contribution in [0, 0.1) is 0 Å². The van der Waals surface area contributed by atoms with Gasteiger partial charge in [-0.15, -0.1) is 11.3 Å². The molecule has 1 spiro atoms. The van der Waals surface area contributed by atoms with E-state index in [1.165, 1.54) is 0 Å². The first kappa shape index (κ1) is 15.3. The number of ether oxygens (including phenoxy) is 2. The highest BCUT2D eigenvalue weighted by atomic mass is 32.1. The Balaban J connectivity index is 1.40. The lowest BCUT2D eigenvalue weighted by Gasteiger charge is -2.31. The van der Waals surface area contributed by atoms with Gasteiger partial charge in [-0.05, 0) is 18.9 Å². The van der Waals surface area contributed by atoms with Gasteiger partial charge in [-0.2, -0.15) is 5.10 Å². The molecule has 0 aliphatic carbocycles. The van der Waals surface area contributed by atoms with Gasteiger partial charge in [-0.1, -0.05) is 0 Å². The second-order valence-electron chi connectivity index (χ2n) is 6.38. The van der Waals surface area contributed by atoms with Crippen LogP contribution in [0.1, 0.15) is 17.8 Å². The highest BCUT2D eigenvalue weighted by molar-refractivity contribution is 7.09. The van der Waals surface area contributed by atoms with Crippen LogP contribution in [0.4, 0.5) is 0 Å². The van der Waals surface area contributed by atoms with Gasteiger partial charge in [0.2, 0.25) is 0 Å². The zero-order valence-corrected chi connectivity index (χ0v) is 14.0. The molecule has 23 heavy (non-hydrogen) atoms. The summed E-state index contributed by atoms with van der Waals surface area (Å²) < 4.78 is 14.3. The van der Waals surface area contributed by atoms with Crippen LogP contribution in [-0.4, -0.2) is 57.7 Å². The van der Waals surface area contributed by atoms with Crippen molar-refractivity contribution in [2.24, 2.45) is 0 Å². The van der Waals surface area contributed by atoms with Crippen molar-refractivity contribution in [1.29, 1.82) is 0 Å². The summed E-state index contributed by atoms with van der Waals surface area (Å²) in [4.78, 5) is 6.82. The molecular formula is C16H22N4O2S. The molecule has 2 saturated heterocycles. The normalized spacial score (nSPS) is 29.1. The van der Waals surface area contributed by atoms with Crippen LogP contribution in [0.5, 0.6) is 0 Å². The summed E-state index contributed by atoms with van der Waals surface area (Å²) >= 11 is 1.71. The minimum atomic E-state index is -0.175. The van der Waals surface area contributed by atoms with E-state index < -0.39 is 0 Å². The van der Waals surface area contributed by atoms with Crippen molar-refractivity contribution in [3.63, 3.8) is 0 Å². The summed E-state index contributed by atoms with van der Waals surface area (Å²) in [6, 6.07) is 1.95. The van der Waals surface area contributed by atoms with E-state index in [9.17, 15) is 0 Å². The second-order valence-corrected chi connectivity index (χ2v) is 7.36. The van der Waals surface area contributed by atoms with Gasteiger partial charge in [0.15, 0.2) is 0 Å². The molecule has 2 fully saturated rings. The summed E-state index contributed by atoms with van der Waals surface area (Å²) in [5, 5.41) is 7.48. The molecule has 0 saturated carbocycles. The SMILES string of the molecule is c1cnn(C[C@@H]2CC[C@]3(COCCN(Cc4nccs4)C3)O2)c1. The van der Waals surface area contributed by atoms with E-state index in [1.807, 2.05) is 34.7 Å². The maximum Gasteiger partial charge on any atom is 0.107 e. The zero-order valence-electron chi connectivity index (χ0n) is 13.1. The highest BCUT2D eigenvalue weighted by Crippen LogP contribution is 2.34. The molecule has 4 heterocycles. The lowest BCUT2D eigenvalue weighted by molar-refractivity contribution is -0.0904. The molecule has 2 aliphatic rings. The smallest absolute Gasteiger partial charge is 0.107 e. The van der Waals surface area contributed by atoms with E-state index in [0.717, 1.165) is 50.6 Å². The lowest BCUT2D eigenvalue weighted by Crippen LogP contribution is -2.44. The minimum Gasteiger partial charge on any atom is -0.377 e. The fraction of sp³-hybridized carbons (Fsp3) is 0.625. The molecule has 0 radical (unpaired) electrons. The second kappa shape index (κ2) is 6.68. The standard InChI is InChI=1S/C16H22N4O2S/c1-4-18-20(6-1)10-14-2-3-16(22-14)12-19(7-8-21-13-16)11-15-17-5-9-23-15/h1,4-6,9,14H,2-3,7-8,10-13H2/t14-,16-/m0/s1. The summed E-state index contributed by atoms with van der Waals surface area (Å²) in [6.45, 7) is 5.02. The Labute approximate surface area is 140 Å². The topological polar surface area (TPSA) is 52.4 Å². The minimum absolute atomic E-state index is 0.175. The van der Waals surface area contributed by atoms with Gasteiger partial charge in [0.25, 0.3) is 0 Å². The largest absolute Gasteiger partial charge is 0.377 e. The van der Waals surface area contributed by atoms with Crippen LogP contribution in [0.15, 0.2) is 30.0 Å². The highest BCUT2D eigenvalue weighted by Gasteiger charge is 2.43. The van der Waals surface area contributed by atoms with E-state index in [-0.39, 0.29) is 11.7 Å². The number of hydrogen-bond acceptors (Lipinski definition) is 6. The number of thiazole rings is 1. The van der Waals surface area contributed by atoms with Crippen molar-refractivity contribution >= 4 is 11.3 Å². The third-order valence-electron chi connectivity index (χ3n) is 4.56. The van der Waals surface area contributed by atoms with Gasteiger partial charge in [-0.25, -0.2) is 4.98 Å². The lowest BCUT2D eigenvalue weighted by atomic mass is 10.00. The fourth-order valence-electron chi connectivity index (χ4n) is 3.50. The average Bonchev–Trinajstić information content (AvgIpc) is 3.25. The van der Waals surface area contributed by atoms with Crippen LogP contribution in [-0.2, 0) is 22.6 Å². The monoisotopic (exact) mass is 334 g/mol. The van der Waals surface area contributed by atoms with Crippen molar-refractivity contribution in [3.8, 4) is 0 Å². The third-order valence-corrected chi connectivity index (χ3v) is 5.32. The molecule has 2 aromatic heterocycles. The van der Waals surface area contributed by atoms with E-state index in [2.05, 4.69) is 15.0 Å². The van der Waals surface area contributed by atoms with Crippen molar-refractivity contribution in [2.45, 2.75) is 37.6 Å². The van der Waals surface area contributed by atoms with Crippen LogP contribution in [0.3, 0.4) is 0 Å². The Morgan fingerprint density at radius 2 is 2.39 bits per heavy atom. The van der Waals surface area contributed by atoms with E-state index >= 15 is 0 Å². The first-order valence-electron chi connectivity index (χ1n) is 8.15. The van der Waals surface area contributed by atoms with Crippen LogP contribution >= 0.6 is 11.3 Å². The zero-order chi connectivity index (χ0) is 15.5. The third kappa shape index (κ3) is 3.63. The Morgan fingerprint density at radius 1 is 1.39 bits per heavy atom. The molecule has 2 aromatic rings. The molecular weight excluding hydrogens is 312 g/mol. The first-order chi connectivity index (χ1) is 11.3. The molecule has 0 unspecified atom stereocenters. The summed E-state index contributed by atoms with van der Waals surface area (Å²) in [5.41, 5.74) is -0.175. The van der Waals surface area contributed by atoms with Crippen molar-refractivity contribution in [3.05, 3.63) is 35.0 Å². The Bertz CT molecular complexity index is 604. The number of nitrogens with zero attached hydrogens (tertiary/aromatic N) is 4. The van der Waals surface area contributed by atoms with Crippen molar-refractivity contribution in [1.82, 2.24) is 19.7 Å². The van der Waals surface area contributed by atoms with E-state index in [0.29, 0.717) is 6.61 Å². The molecule has 7 heteroatoms. The molecule has 0 N–H and O–H groups in total. The van der Waals surface area contributed by atoms with Gasteiger partial charge in [-0.3, -0.25) is 9.58 Å². The van der Waals surface area contributed by atoms with Gasteiger partial charge < -0.3 is 9.47 Å². The summed E-state index contributed by atoms with van der Waals surface area (Å²) in [5.74, 6) is 0. The van der Waals surface area contributed by atoms with Crippen molar-refractivity contribution < 1.29 is 9.47 Å². The molecule has 0 amide bonds. The van der Waals surface area contributed by atoms with Gasteiger partial charge in [0.1, 0.15) is 10.6 Å². The average molecular weight is 334 g/mol. The van der Waals surface area contributed by atoms with Crippen LogP contribution < -0.4 is 0 Å². The Kier molecular flexibility index (Phi) is 4.43. The van der Waals surface area contributed by atoms with E-state index in [4.69, 9.17) is 9.47 Å². The number of aromatic nitrogens is 3. The maximum atomic E-state index is 6.45. The molecule has 2 atom stereocenters. The van der Waals surface area contributed by atoms with Crippen LogP contribution in [0.25, 0.3) is 0 Å². The molecule has 124 valence electrons. The number of rotatable bonds is 4. The number of hydrogen-bond donors (Lipinski definition) is 0. The maximum absolute atomic E-state index is 6.45. The molecule has 2 aliphatic heterocycles. The predicted octanol–water partition coefficient (Wildman–Crippen LogP) is 1.79. The summed E-state index contributed by atoms with van der Waals surface area (Å²) in [7, 11) is 0. The summed E-state index contributed by atoms with van der Waals surface area (Å²) in [6.07, 6.45) is 8.01. The first-order valence-corrected chi connectivity index (χ1v) is 9.03. The Hall–Kier alpha value is -1.28.